The standard InChI is InChI=1S/C64H76N4O6/c1-4-10-56-47-28-50(27-44-17-20-55(43-11-6-5-7-12-43)57-36-61(73)62(74-3)32-45(57)16-19-53(69)35-60(72)58(44)31-47)64(22-8-9-23-64)49-21-24-66-63(33-49)68-51-18-15-42-14-13-41(25-46(42)29-51)26-54(70)39-65-37-40(2)48-30-52(67-38-48)34-59(56)71/h5-7,11-15,18,21,25,29-30,32-33,36,38,40,44,47,50,54-56,58-59,65-68,70-71,73H,4,8-10,16,19,22-24,26-28,31,34-35,37,39H2,1-3H3. The molecule has 9 atom stereocenters. The molecule has 5 aromatic rings. The van der Waals surface area contributed by atoms with Crippen LogP contribution in [0.1, 0.15) is 130 Å². The van der Waals surface area contributed by atoms with Gasteiger partial charge in [0.05, 0.1) is 31.7 Å². The molecule has 4 aromatic carbocycles. The van der Waals surface area contributed by atoms with Crippen molar-refractivity contribution in [2.45, 2.75) is 128 Å². The molecule has 388 valence electrons. The quantitative estimate of drug-likeness (QED) is 0.0688. The lowest BCUT2D eigenvalue weighted by atomic mass is 9.62. The van der Waals surface area contributed by atoms with Crippen LogP contribution in [0.15, 0.2) is 115 Å². The van der Waals surface area contributed by atoms with E-state index in [4.69, 9.17) is 4.74 Å². The molecule has 7 N–H and O–H groups in total. The van der Waals surface area contributed by atoms with Crippen LogP contribution >= 0.6 is 0 Å². The first-order valence-electron chi connectivity index (χ1n) is 27.7. The van der Waals surface area contributed by atoms with Gasteiger partial charge < -0.3 is 41.0 Å². The second kappa shape index (κ2) is 22.8. The fraction of sp³-hybridized carbons (Fsp3) is 0.469. The number of benzene rings is 4. The number of hydrogen-bond donors (Lipinski definition) is 7. The van der Waals surface area contributed by atoms with Gasteiger partial charge in [0.1, 0.15) is 17.4 Å². The molecular formula is C64H76N4O6. The molecule has 2 fully saturated rings. The van der Waals surface area contributed by atoms with Crippen LogP contribution in [0.3, 0.4) is 0 Å². The number of β-amino-alcohol motifs (C(OH)–C–C–N with tert-alkyl or cyclic N) is 1. The molecule has 1 aromatic heterocycles. The number of H-pyrrole nitrogens is 1. The van der Waals surface area contributed by atoms with Crippen LogP contribution in [0.25, 0.3) is 10.8 Å². The number of aromatic amines is 1. The number of rotatable bonds is 4. The van der Waals surface area contributed by atoms with Crippen LogP contribution in [-0.2, 0) is 28.9 Å². The van der Waals surface area contributed by atoms with Crippen LogP contribution in [0.4, 0.5) is 5.69 Å². The lowest BCUT2D eigenvalue weighted by Gasteiger charge is -2.43. The number of carbonyl (C=O) groups excluding carboxylic acids is 2. The van der Waals surface area contributed by atoms with Crippen LogP contribution < -0.4 is 20.7 Å². The number of aromatic nitrogens is 1. The van der Waals surface area contributed by atoms with E-state index >= 15 is 4.79 Å². The molecule has 2 saturated carbocycles. The fourth-order valence-electron chi connectivity index (χ4n) is 13.8. The average molecular weight is 997 g/mol. The monoisotopic (exact) mass is 997 g/mol. The number of aliphatic hydroxyl groups is 2. The number of dihydropyridines is 1. The molecule has 9 bridgehead atoms. The van der Waals surface area contributed by atoms with E-state index in [1.165, 1.54) is 12.7 Å². The van der Waals surface area contributed by atoms with Crippen molar-refractivity contribution in [2.75, 3.05) is 32.1 Å². The number of phenolic OH excluding ortho intramolecular Hbond substituents is 1. The molecule has 5 aliphatic rings. The van der Waals surface area contributed by atoms with E-state index < -0.39 is 24.0 Å². The summed E-state index contributed by atoms with van der Waals surface area (Å²) in [7, 11) is 1.53. The number of nitrogens with one attached hydrogen (secondary N) is 4. The third-order valence-electron chi connectivity index (χ3n) is 17.7. The van der Waals surface area contributed by atoms with Gasteiger partial charge in [-0.3, -0.25) is 9.59 Å². The van der Waals surface area contributed by atoms with Gasteiger partial charge in [-0.1, -0.05) is 106 Å². The number of methoxy groups -OCH3 is 1. The first-order valence-corrected chi connectivity index (χ1v) is 27.7. The molecule has 0 radical (unpaired) electrons. The van der Waals surface area contributed by atoms with Gasteiger partial charge in [0, 0.05) is 61.9 Å². The summed E-state index contributed by atoms with van der Waals surface area (Å²) in [5.74, 6) is 7.76. The molecule has 0 saturated heterocycles. The Morgan fingerprint density at radius 3 is 2.49 bits per heavy atom. The Bertz CT molecular complexity index is 2940. The summed E-state index contributed by atoms with van der Waals surface area (Å²) in [5.41, 5.74) is 8.03. The lowest BCUT2D eigenvalue weighted by molar-refractivity contribution is -0.130. The highest BCUT2D eigenvalue weighted by molar-refractivity contribution is 6.00. The Balaban J connectivity index is 1.10. The molecule has 74 heavy (non-hydrogen) atoms. The largest absolute Gasteiger partial charge is 0.504 e. The number of hydrogen-bond acceptors (Lipinski definition) is 9. The predicted octanol–water partition coefficient (Wildman–Crippen LogP) is 10.8. The number of allylic oxidation sites excluding steroid dienone is 2. The first kappa shape index (κ1) is 51.4. The Morgan fingerprint density at radius 1 is 0.851 bits per heavy atom. The maximum Gasteiger partial charge on any atom is 0.160 e. The van der Waals surface area contributed by atoms with Gasteiger partial charge in [-0.05, 0) is 161 Å². The number of ketones is 2. The highest BCUT2D eigenvalue weighted by Gasteiger charge is 2.50. The number of Topliss-reactive ketones (excluding diaryl/α,β-unsaturated/α-hetero) is 2. The normalized spacial score (nSPS) is 27.8. The molecule has 3 aliphatic carbocycles. The zero-order valence-corrected chi connectivity index (χ0v) is 43.6. The summed E-state index contributed by atoms with van der Waals surface area (Å²) in [6.45, 7) is 6.24. The zero-order chi connectivity index (χ0) is 51.3. The van der Waals surface area contributed by atoms with Gasteiger partial charge in [-0.25, -0.2) is 0 Å². The van der Waals surface area contributed by atoms with Gasteiger partial charge in [-0.2, -0.15) is 0 Å². The maximum absolute atomic E-state index is 15.2. The molecule has 10 heteroatoms. The van der Waals surface area contributed by atoms with Crippen LogP contribution in [0.5, 0.6) is 11.5 Å². The van der Waals surface area contributed by atoms with Gasteiger partial charge >= 0.3 is 0 Å². The number of aryl methyl sites for hydroxylation is 1. The number of aromatic hydroxyl groups is 1. The van der Waals surface area contributed by atoms with E-state index in [9.17, 15) is 20.1 Å². The van der Waals surface area contributed by atoms with Crippen molar-refractivity contribution in [3.8, 4) is 23.3 Å². The van der Waals surface area contributed by atoms with Crippen molar-refractivity contribution in [2.24, 2.45) is 35.0 Å². The molecule has 10 nitrogen and oxygen atoms in total. The Labute approximate surface area is 437 Å². The van der Waals surface area contributed by atoms with Crippen LogP contribution in [0.2, 0.25) is 0 Å². The number of anilines is 1. The zero-order valence-electron chi connectivity index (χ0n) is 43.6. The summed E-state index contributed by atoms with van der Waals surface area (Å²) in [6, 6.07) is 28.9. The van der Waals surface area contributed by atoms with Crippen molar-refractivity contribution in [3.63, 3.8) is 0 Å². The van der Waals surface area contributed by atoms with Crippen LogP contribution in [0, 0.1) is 46.8 Å². The highest BCUT2D eigenvalue weighted by atomic mass is 16.5. The minimum absolute atomic E-state index is 0.00363. The summed E-state index contributed by atoms with van der Waals surface area (Å²) < 4.78 is 5.58. The van der Waals surface area contributed by atoms with E-state index in [-0.39, 0.29) is 65.2 Å². The molecule has 9 unspecified atom stereocenters. The van der Waals surface area contributed by atoms with Crippen molar-refractivity contribution in [3.05, 3.63) is 148 Å². The number of carbonyl (C=O) groups is 2. The van der Waals surface area contributed by atoms with Gasteiger partial charge in [0.15, 0.2) is 11.5 Å². The second-order valence-corrected chi connectivity index (χ2v) is 22.5. The lowest BCUT2D eigenvalue weighted by Crippen LogP contribution is -2.37. The van der Waals surface area contributed by atoms with E-state index in [1.807, 2.05) is 24.3 Å². The summed E-state index contributed by atoms with van der Waals surface area (Å²) in [4.78, 5) is 32.9. The molecule has 3 heterocycles. The molecular weight excluding hydrogens is 921 g/mol. The minimum Gasteiger partial charge on any atom is -0.504 e. The summed E-state index contributed by atoms with van der Waals surface area (Å²) in [5, 5.41) is 48.3. The smallest absolute Gasteiger partial charge is 0.160 e. The molecule has 1 spiro atoms. The van der Waals surface area contributed by atoms with E-state index in [0.29, 0.717) is 57.5 Å². The maximum atomic E-state index is 15.2. The van der Waals surface area contributed by atoms with Crippen LogP contribution in [-0.4, -0.2) is 70.8 Å². The molecule has 2 aliphatic heterocycles. The van der Waals surface area contributed by atoms with Gasteiger partial charge in [-0.15, -0.1) is 0 Å². The topological polar surface area (TPSA) is 156 Å². The van der Waals surface area contributed by atoms with Gasteiger partial charge in [0.2, 0.25) is 0 Å². The highest BCUT2D eigenvalue weighted by Crippen LogP contribution is 2.58. The fourth-order valence-corrected chi connectivity index (χ4v) is 13.8. The third kappa shape index (κ3) is 11.3. The Morgan fingerprint density at radius 2 is 1.68 bits per heavy atom. The molecule has 10 rings (SSSR count). The van der Waals surface area contributed by atoms with Crippen molar-refractivity contribution in [1.29, 1.82) is 0 Å². The van der Waals surface area contributed by atoms with Crippen molar-refractivity contribution >= 4 is 28.0 Å². The van der Waals surface area contributed by atoms with Crippen molar-refractivity contribution < 1.29 is 29.6 Å². The SMILES string of the molecule is CCCC1C(O)Cc2cc(c[nH]2)C(C)CNCC(O)Cc2ccc3ccc(cc3c2)NC2=CC(=CCN2)C2(CCCC2)C2CC3C#CC(c4ccccc4)c4cc(O)c(OC)cc4CCC(=O)CC(=O)C3CC1C2. The first-order chi connectivity index (χ1) is 36.0. The number of fused-ring (bicyclic) bond motifs is 11. The average Bonchev–Trinajstić information content (AvgIpc) is 4.06. The number of aliphatic hydroxyl groups excluding tert-OH is 2. The number of ether oxygens (including phenoxy) is 1. The summed E-state index contributed by atoms with van der Waals surface area (Å²) in [6.07, 6.45) is 15.0. The predicted molar refractivity (Wildman–Crippen MR) is 294 cm³/mol. The second-order valence-electron chi connectivity index (χ2n) is 22.5. The number of phenols is 1. The third-order valence-corrected chi connectivity index (χ3v) is 17.7. The van der Waals surface area contributed by atoms with E-state index in [2.05, 4.69) is 120 Å². The van der Waals surface area contributed by atoms with Crippen molar-refractivity contribution in [1.82, 2.24) is 15.6 Å². The summed E-state index contributed by atoms with van der Waals surface area (Å²) >= 11 is 0. The van der Waals surface area contributed by atoms with E-state index in [1.54, 1.807) is 6.07 Å². The molecule has 0 amide bonds. The van der Waals surface area contributed by atoms with Gasteiger partial charge in [0.25, 0.3) is 0 Å². The minimum atomic E-state index is -0.664. The Kier molecular flexibility index (Phi) is 15.8. The Hall–Kier alpha value is -6.12. The van der Waals surface area contributed by atoms with E-state index in [0.717, 1.165) is 101 Å².